The number of amides is 2. The molecule has 6 nitrogen and oxygen atoms in total. The van der Waals surface area contributed by atoms with Crippen LogP contribution in [0.15, 0.2) is 29.3 Å². The van der Waals surface area contributed by atoms with Crippen molar-refractivity contribution in [1.29, 1.82) is 0 Å². The molecule has 2 heterocycles. The molecule has 108 valence electrons. The standard InChI is InChI=1S/C14H12FN3O3/c1-17-12(19)5-4-11(14(17)21)18-7-16-10-6-8(15)2-3-9(10)13(18)20/h2-3,6-7,11H,4-5H2,1H3. The van der Waals surface area contributed by atoms with E-state index in [0.717, 1.165) is 4.90 Å². The minimum absolute atomic E-state index is 0.195. The van der Waals surface area contributed by atoms with Crippen LogP contribution >= 0.6 is 0 Å². The average molecular weight is 289 g/mol. The number of carbonyl (C=O) groups excluding carboxylic acids is 2. The Morgan fingerprint density at radius 1 is 1.29 bits per heavy atom. The highest BCUT2D eigenvalue weighted by Gasteiger charge is 2.33. The molecule has 1 atom stereocenters. The molecule has 21 heavy (non-hydrogen) atoms. The maximum Gasteiger partial charge on any atom is 0.261 e. The first kappa shape index (κ1) is 13.4. The topological polar surface area (TPSA) is 72.3 Å². The summed E-state index contributed by atoms with van der Waals surface area (Å²) in [6, 6.07) is 2.94. The van der Waals surface area contributed by atoms with Crippen LogP contribution in [0.3, 0.4) is 0 Å². The number of benzene rings is 1. The number of rotatable bonds is 1. The van der Waals surface area contributed by atoms with Crippen LogP contribution in [0, 0.1) is 5.82 Å². The van der Waals surface area contributed by atoms with Crippen LogP contribution in [-0.2, 0) is 9.59 Å². The number of halogens is 1. The van der Waals surface area contributed by atoms with Gasteiger partial charge in [-0.2, -0.15) is 0 Å². The first-order valence-electron chi connectivity index (χ1n) is 6.46. The van der Waals surface area contributed by atoms with Crippen LogP contribution in [0.1, 0.15) is 18.9 Å². The summed E-state index contributed by atoms with van der Waals surface area (Å²) in [7, 11) is 1.39. The highest BCUT2D eigenvalue weighted by molar-refractivity contribution is 5.99. The second-order valence-corrected chi connectivity index (χ2v) is 4.96. The van der Waals surface area contributed by atoms with Crippen molar-refractivity contribution in [3.63, 3.8) is 0 Å². The quantitative estimate of drug-likeness (QED) is 0.730. The number of carbonyl (C=O) groups is 2. The van der Waals surface area contributed by atoms with Crippen molar-refractivity contribution in [2.24, 2.45) is 0 Å². The molecule has 0 radical (unpaired) electrons. The second-order valence-electron chi connectivity index (χ2n) is 4.96. The minimum Gasteiger partial charge on any atom is -0.286 e. The third-order valence-corrected chi connectivity index (χ3v) is 3.70. The second kappa shape index (κ2) is 4.76. The van der Waals surface area contributed by atoms with Gasteiger partial charge in [0, 0.05) is 19.5 Å². The van der Waals surface area contributed by atoms with Crippen LogP contribution in [0.5, 0.6) is 0 Å². The van der Waals surface area contributed by atoms with Crippen molar-refractivity contribution in [3.8, 4) is 0 Å². The summed E-state index contributed by atoms with van der Waals surface area (Å²) < 4.78 is 14.3. The maximum atomic E-state index is 13.1. The van der Waals surface area contributed by atoms with Gasteiger partial charge in [0.1, 0.15) is 11.9 Å². The molecule has 2 amide bonds. The largest absolute Gasteiger partial charge is 0.286 e. The summed E-state index contributed by atoms with van der Waals surface area (Å²) in [5.41, 5.74) is -0.176. The van der Waals surface area contributed by atoms with Crippen LogP contribution in [0.4, 0.5) is 4.39 Å². The van der Waals surface area contributed by atoms with E-state index in [1.165, 1.54) is 36.1 Å². The normalized spacial score (nSPS) is 19.3. The van der Waals surface area contributed by atoms with E-state index in [9.17, 15) is 18.8 Å². The molecule has 1 aliphatic rings. The van der Waals surface area contributed by atoms with Crippen LogP contribution < -0.4 is 5.56 Å². The van der Waals surface area contributed by atoms with Crippen molar-refractivity contribution in [1.82, 2.24) is 14.5 Å². The van der Waals surface area contributed by atoms with Gasteiger partial charge in [-0.15, -0.1) is 0 Å². The van der Waals surface area contributed by atoms with E-state index in [0.29, 0.717) is 0 Å². The van der Waals surface area contributed by atoms with Gasteiger partial charge in [-0.05, 0) is 18.6 Å². The molecule has 1 aromatic carbocycles. The van der Waals surface area contributed by atoms with E-state index in [-0.39, 0.29) is 29.7 Å². The van der Waals surface area contributed by atoms with E-state index in [4.69, 9.17) is 0 Å². The molecule has 0 aliphatic carbocycles. The van der Waals surface area contributed by atoms with Crippen molar-refractivity contribution in [2.45, 2.75) is 18.9 Å². The third-order valence-electron chi connectivity index (χ3n) is 3.70. The molecular formula is C14H12FN3O3. The van der Waals surface area contributed by atoms with E-state index < -0.39 is 23.3 Å². The molecule has 0 spiro atoms. The molecular weight excluding hydrogens is 277 g/mol. The fourth-order valence-electron chi connectivity index (χ4n) is 2.49. The van der Waals surface area contributed by atoms with Gasteiger partial charge in [0.25, 0.3) is 11.5 Å². The molecule has 1 fully saturated rings. The predicted molar refractivity (Wildman–Crippen MR) is 72.0 cm³/mol. The van der Waals surface area contributed by atoms with Gasteiger partial charge in [-0.25, -0.2) is 9.37 Å². The zero-order chi connectivity index (χ0) is 15.1. The zero-order valence-corrected chi connectivity index (χ0v) is 11.2. The number of fused-ring (bicyclic) bond motifs is 1. The highest BCUT2D eigenvalue weighted by Crippen LogP contribution is 2.22. The molecule has 2 aromatic rings. The molecule has 3 rings (SSSR count). The Kier molecular flexibility index (Phi) is 3.04. The third kappa shape index (κ3) is 2.10. The highest BCUT2D eigenvalue weighted by atomic mass is 19.1. The number of likely N-dealkylation sites (N-methyl/N-ethyl adjacent to an activating group) is 1. The molecule has 1 unspecified atom stereocenters. The molecule has 0 bridgehead atoms. The van der Waals surface area contributed by atoms with Crippen molar-refractivity contribution in [2.75, 3.05) is 7.05 Å². The Bertz CT molecular complexity index is 815. The van der Waals surface area contributed by atoms with Crippen molar-refractivity contribution in [3.05, 3.63) is 40.7 Å². The number of imide groups is 1. The Morgan fingerprint density at radius 2 is 2.05 bits per heavy atom. The van der Waals surface area contributed by atoms with Gasteiger partial charge in [-0.3, -0.25) is 23.9 Å². The van der Waals surface area contributed by atoms with E-state index in [1.807, 2.05) is 0 Å². The monoisotopic (exact) mass is 289 g/mol. The van der Waals surface area contributed by atoms with Gasteiger partial charge in [0.15, 0.2) is 0 Å². The van der Waals surface area contributed by atoms with Gasteiger partial charge >= 0.3 is 0 Å². The lowest BCUT2D eigenvalue weighted by molar-refractivity contribution is -0.149. The van der Waals surface area contributed by atoms with E-state index in [1.54, 1.807) is 0 Å². The van der Waals surface area contributed by atoms with E-state index >= 15 is 0 Å². The van der Waals surface area contributed by atoms with Crippen LogP contribution in [0.2, 0.25) is 0 Å². The van der Waals surface area contributed by atoms with Gasteiger partial charge in [0.2, 0.25) is 5.91 Å². The van der Waals surface area contributed by atoms with Crippen molar-refractivity contribution >= 4 is 22.7 Å². The Labute approximate surface area is 118 Å². The number of hydrogen-bond donors (Lipinski definition) is 0. The number of piperidine rings is 1. The van der Waals surface area contributed by atoms with Gasteiger partial charge < -0.3 is 0 Å². The minimum atomic E-state index is -0.748. The first-order valence-corrected chi connectivity index (χ1v) is 6.46. The lowest BCUT2D eigenvalue weighted by atomic mass is 10.0. The SMILES string of the molecule is CN1C(=O)CCC(n2cnc3cc(F)ccc3c2=O)C1=O. The first-order chi connectivity index (χ1) is 9.99. The summed E-state index contributed by atoms with van der Waals surface area (Å²) in [5, 5.41) is 0.242. The molecule has 7 heteroatoms. The van der Waals surface area contributed by atoms with Crippen molar-refractivity contribution < 1.29 is 14.0 Å². The smallest absolute Gasteiger partial charge is 0.261 e. The lowest BCUT2D eigenvalue weighted by Gasteiger charge is -2.28. The summed E-state index contributed by atoms with van der Waals surface area (Å²) in [6.07, 6.45) is 1.69. The number of aromatic nitrogens is 2. The van der Waals surface area contributed by atoms with Crippen LogP contribution in [0.25, 0.3) is 10.9 Å². The van der Waals surface area contributed by atoms with Gasteiger partial charge in [0.05, 0.1) is 17.2 Å². The average Bonchev–Trinajstić information content (AvgIpc) is 2.46. The molecule has 0 N–H and O–H groups in total. The molecule has 1 saturated heterocycles. The predicted octanol–water partition coefficient (Wildman–Crippen LogP) is 0.855. The molecule has 1 aromatic heterocycles. The van der Waals surface area contributed by atoms with Crippen LogP contribution in [-0.4, -0.2) is 33.3 Å². The summed E-state index contributed by atoms with van der Waals surface area (Å²) >= 11 is 0. The Morgan fingerprint density at radius 3 is 2.81 bits per heavy atom. The van der Waals surface area contributed by atoms with Gasteiger partial charge in [-0.1, -0.05) is 0 Å². The Balaban J connectivity index is 2.11. The fourth-order valence-corrected chi connectivity index (χ4v) is 2.49. The summed E-state index contributed by atoms with van der Waals surface area (Å²) in [6.45, 7) is 0. The van der Waals surface area contributed by atoms with E-state index in [2.05, 4.69) is 4.98 Å². The number of likely N-dealkylation sites (tertiary alicyclic amines) is 1. The number of hydrogen-bond acceptors (Lipinski definition) is 4. The lowest BCUT2D eigenvalue weighted by Crippen LogP contribution is -2.45. The fraction of sp³-hybridized carbons (Fsp3) is 0.286. The summed E-state index contributed by atoms with van der Waals surface area (Å²) in [5.74, 6) is -1.18. The maximum absolute atomic E-state index is 13.1. The Hall–Kier alpha value is -2.57. The molecule has 0 saturated carbocycles. The number of nitrogens with zero attached hydrogens (tertiary/aromatic N) is 3. The zero-order valence-electron chi connectivity index (χ0n) is 11.2. The molecule has 1 aliphatic heterocycles. The summed E-state index contributed by atoms with van der Waals surface area (Å²) in [4.78, 5) is 41.1.